The second kappa shape index (κ2) is 5.74. The van der Waals surface area contributed by atoms with Crippen LogP contribution >= 0.6 is 11.3 Å². The van der Waals surface area contributed by atoms with Crippen molar-refractivity contribution in [1.82, 2.24) is 5.32 Å². The predicted octanol–water partition coefficient (Wildman–Crippen LogP) is 2.50. The molecule has 4 nitrogen and oxygen atoms in total. The van der Waals surface area contributed by atoms with Crippen LogP contribution in [0.5, 0.6) is 0 Å². The van der Waals surface area contributed by atoms with Gasteiger partial charge in [0.25, 0.3) is 0 Å². The van der Waals surface area contributed by atoms with E-state index in [4.69, 9.17) is 5.11 Å². The third-order valence-electron chi connectivity index (χ3n) is 3.59. The van der Waals surface area contributed by atoms with Crippen LogP contribution in [0.3, 0.4) is 0 Å². The highest BCUT2D eigenvalue weighted by atomic mass is 32.1. The number of nitrogens with one attached hydrogen (secondary N) is 1. The van der Waals surface area contributed by atoms with Crippen LogP contribution in [0.15, 0.2) is 12.1 Å². The summed E-state index contributed by atoms with van der Waals surface area (Å²) in [6.45, 7) is 2.01. The molecule has 0 saturated heterocycles. The number of aliphatic carboxylic acids is 1. The Morgan fingerprint density at radius 3 is 2.58 bits per heavy atom. The van der Waals surface area contributed by atoms with Gasteiger partial charge in [-0.2, -0.15) is 0 Å². The predicted molar refractivity (Wildman–Crippen MR) is 74.4 cm³/mol. The van der Waals surface area contributed by atoms with Crippen molar-refractivity contribution >= 4 is 23.2 Å². The summed E-state index contributed by atoms with van der Waals surface area (Å²) in [7, 11) is 0. The molecule has 5 heteroatoms. The molecular formula is C14H19NO3S. The fourth-order valence-electron chi connectivity index (χ4n) is 2.77. The van der Waals surface area contributed by atoms with Gasteiger partial charge in [-0.1, -0.05) is 12.8 Å². The van der Waals surface area contributed by atoms with Crippen molar-refractivity contribution in [3.63, 3.8) is 0 Å². The number of rotatable bonds is 5. The first-order chi connectivity index (χ1) is 8.99. The minimum atomic E-state index is -0.839. The molecule has 2 rings (SSSR count). The van der Waals surface area contributed by atoms with Gasteiger partial charge >= 0.3 is 5.97 Å². The summed E-state index contributed by atoms with van der Waals surface area (Å²) in [5, 5.41) is 12.0. The summed E-state index contributed by atoms with van der Waals surface area (Å²) in [6.07, 6.45) is 3.91. The summed E-state index contributed by atoms with van der Waals surface area (Å²) in [5.41, 5.74) is -0.519. The zero-order valence-corrected chi connectivity index (χ0v) is 11.9. The molecular weight excluding hydrogens is 262 g/mol. The van der Waals surface area contributed by atoms with Gasteiger partial charge in [-0.15, -0.1) is 11.3 Å². The smallest absolute Gasteiger partial charge is 0.305 e. The maximum absolute atomic E-state index is 12.1. The van der Waals surface area contributed by atoms with E-state index in [1.807, 2.05) is 19.1 Å². The molecule has 1 heterocycles. The number of hydrogen-bond acceptors (Lipinski definition) is 3. The number of thiophene rings is 1. The van der Waals surface area contributed by atoms with E-state index in [9.17, 15) is 9.59 Å². The molecule has 0 unspecified atom stereocenters. The third kappa shape index (κ3) is 3.80. The third-order valence-corrected chi connectivity index (χ3v) is 4.59. The Balaban J connectivity index is 1.97. The number of carbonyl (C=O) groups is 2. The van der Waals surface area contributed by atoms with Crippen molar-refractivity contribution in [3.8, 4) is 0 Å². The minimum absolute atomic E-state index is 0.0300. The van der Waals surface area contributed by atoms with E-state index in [-0.39, 0.29) is 12.3 Å². The number of carboxylic acid groups (broad SMARTS) is 1. The minimum Gasteiger partial charge on any atom is -0.481 e. The Morgan fingerprint density at radius 1 is 1.37 bits per heavy atom. The van der Waals surface area contributed by atoms with E-state index < -0.39 is 11.5 Å². The van der Waals surface area contributed by atoms with Gasteiger partial charge in [-0.3, -0.25) is 9.59 Å². The summed E-state index contributed by atoms with van der Waals surface area (Å²) < 4.78 is 0. The maximum Gasteiger partial charge on any atom is 0.305 e. The Bertz CT molecular complexity index is 475. The van der Waals surface area contributed by atoms with Crippen LogP contribution < -0.4 is 5.32 Å². The van der Waals surface area contributed by atoms with Crippen LogP contribution in [-0.2, 0) is 16.0 Å². The number of aryl methyl sites for hydroxylation is 1. The van der Waals surface area contributed by atoms with Crippen LogP contribution in [0.1, 0.15) is 41.9 Å². The number of amides is 1. The van der Waals surface area contributed by atoms with Crippen molar-refractivity contribution in [2.24, 2.45) is 0 Å². The molecule has 104 valence electrons. The molecule has 1 aromatic rings. The zero-order chi connectivity index (χ0) is 13.9. The first kappa shape index (κ1) is 14.1. The average molecular weight is 281 g/mol. The van der Waals surface area contributed by atoms with Gasteiger partial charge in [-0.05, 0) is 31.9 Å². The highest BCUT2D eigenvalue weighted by molar-refractivity contribution is 7.12. The summed E-state index contributed by atoms with van der Waals surface area (Å²) in [4.78, 5) is 25.2. The molecule has 0 spiro atoms. The van der Waals surface area contributed by atoms with Crippen LogP contribution in [0.25, 0.3) is 0 Å². The van der Waals surface area contributed by atoms with Gasteiger partial charge in [0.2, 0.25) is 5.91 Å². The molecule has 0 radical (unpaired) electrons. The number of hydrogen-bond donors (Lipinski definition) is 2. The molecule has 1 amide bonds. The molecule has 19 heavy (non-hydrogen) atoms. The maximum atomic E-state index is 12.1. The van der Waals surface area contributed by atoms with Crippen molar-refractivity contribution < 1.29 is 14.7 Å². The van der Waals surface area contributed by atoms with Crippen molar-refractivity contribution in [2.75, 3.05) is 0 Å². The van der Waals surface area contributed by atoms with Crippen LogP contribution in [-0.4, -0.2) is 22.5 Å². The van der Waals surface area contributed by atoms with Crippen molar-refractivity contribution in [3.05, 3.63) is 21.9 Å². The normalized spacial score (nSPS) is 17.3. The van der Waals surface area contributed by atoms with E-state index >= 15 is 0 Å². The number of carboxylic acids is 1. The molecule has 0 aliphatic heterocycles. The second-order valence-corrected chi connectivity index (χ2v) is 6.67. The van der Waals surface area contributed by atoms with Gasteiger partial charge in [0.05, 0.1) is 18.4 Å². The molecule has 2 N–H and O–H groups in total. The zero-order valence-electron chi connectivity index (χ0n) is 11.1. The Labute approximate surface area is 116 Å². The first-order valence-corrected chi connectivity index (χ1v) is 7.39. The van der Waals surface area contributed by atoms with Crippen LogP contribution in [0.2, 0.25) is 0 Å². The molecule has 0 aromatic carbocycles. The first-order valence-electron chi connectivity index (χ1n) is 6.57. The summed E-state index contributed by atoms with van der Waals surface area (Å²) in [6, 6.07) is 3.95. The molecule has 1 saturated carbocycles. The lowest BCUT2D eigenvalue weighted by atomic mass is 9.93. The summed E-state index contributed by atoms with van der Waals surface area (Å²) in [5.74, 6) is -0.904. The second-order valence-electron chi connectivity index (χ2n) is 5.30. The fraction of sp³-hybridized carbons (Fsp3) is 0.571. The quantitative estimate of drug-likeness (QED) is 0.871. The van der Waals surface area contributed by atoms with Gasteiger partial charge < -0.3 is 10.4 Å². The lowest BCUT2D eigenvalue weighted by molar-refractivity contribution is -0.139. The van der Waals surface area contributed by atoms with Gasteiger partial charge in [-0.25, -0.2) is 0 Å². The topological polar surface area (TPSA) is 66.4 Å². The van der Waals surface area contributed by atoms with E-state index in [0.29, 0.717) is 6.42 Å². The van der Waals surface area contributed by atoms with Crippen LogP contribution in [0.4, 0.5) is 0 Å². The molecule has 0 atom stereocenters. The fourth-order valence-corrected chi connectivity index (χ4v) is 3.65. The van der Waals surface area contributed by atoms with E-state index in [1.165, 1.54) is 4.88 Å². The van der Waals surface area contributed by atoms with E-state index in [1.54, 1.807) is 11.3 Å². The van der Waals surface area contributed by atoms with Crippen molar-refractivity contribution in [2.45, 2.75) is 51.0 Å². The van der Waals surface area contributed by atoms with Crippen molar-refractivity contribution in [1.29, 1.82) is 0 Å². The molecule has 1 aliphatic rings. The van der Waals surface area contributed by atoms with Crippen LogP contribution in [0, 0.1) is 6.92 Å². The van der Waals surface area contributed by atoms with E-state index in [0.717, 1.165) is 30.6 Å². The molecule has 0 bridgehead atoms. The standard InChI is InChI=1S/C14H19NO3S/c1-10-4-5-11(19-10)8-12(16)15-14(9-13(17)18)6-2-3-7-14/h4-5H,2-3,6-9H2,1H3,(H,15,16)(H,17,18). The monoisotopic (exact) mass is 281 g/mol. The highest BCUT2D eigenvalue weighted by Gasteiger charge is 2.37. The largest absolute Gasteiger partial charge is 0.481 e. The molecule has 1 aromatic heterocycles. The lowest BCUT2D eigenvalue weighted by Crippen LogP contribution is -2.48. The highest BCUT2D eigenvalue weighted by Crippen LogP contribution is 2.32. The SMILES string of the molecule is Cc1ccc(CC(=O)NC2(CC(=O)O)CCCC2)s1. The van der Waals surface area contributed by atoms with Gasteiger partial charge in [0, 0.05) is 9.75 Å². The number of carbonyl (C=O) groups excluding carboxylic acids is 1. The lowest BCUT2D eigenvalue weighted by Gasteiger charge is -2.28. The summed E-state index contributed by atoms with van der Waals surface area (Å²) >= 11 is 1.61. The molecule has 1 fully saturated rings. The average Bonchev–Trinajstić information content (AvgIpc) is 2.87. The Kier molecular flexibility index (Phi) is 4.24. The van der Waals surface area contributed by atoms with Gasteiger partial charge in [0.1, 0.15) is 0 Å². The van der Waals surface area contributed by atoms with Gasteiger partial charge in [0.15, 0.2) is 0 Å². The van der Waals surface area contributed by atoms with E-state index in [2.05, 4.69) is 5.32 Å². The Morgan fingerprint density at radius 2 is 2.05 bits per heavy atom. The molecule has 1 aliphatic carbocycles. The Hall–Kier alpha value is -1.36.